The maximum Gasteiger partial charge on any atom is 0.223 e. The molecule has 4 rings (SSSR count). The van der Waals surface area contributed by atoms with E-state index in [9.17, 15) is 4.79 Å². The molecule has 120 valence electrons. The van der Waals surface area contributed by atoms with Gasteiger partial charge in [-0.25, -0.2) is 4.98 Å². The lowest BCUT2D eigenvalue weighted by atomic mass is 9.93. The van der Waals surface area contributed by atoms with Gasteiger partial charge in [0.05, 0.1) is 13.2 Å². The predicted octanol–water partition coefficient (Wildman–Crippen LogP) is 1.84. The Balaban J connectivity index is 1.37. The third-order valence-corrected chi connectivity index (χ3v) is 5.19. The van der Waals surface area contributed by atoms with Crippen LogP contribution in [0, 0.1) is 24.7 Å². The molecule has 2 saturated carbocycles. The first-order chi connectivity index (χ1) is 10.7. The molecule has 0 radical (unpaired) electrons. The molecule has 1 aliphatic heterocycles. The van der Waals surface area contributed by atoms with Crippen LogP contribution in [-0.4, -0.2) is 45.7 Å². The highest BCUT2D eigenvalue weighted by Gasteiger charge is 2.43. The van der Waals surface area contributed by atoms with Crippen LogP contribution in [0.2, 0.25) is 0 Å². The first-order valence-corrected chi connectivity index (χ1v) is 8.49. The maximum atomic E-state index is 12.7. The van der Waals surface area contributed by atoms with Crippen LogP contribution >= 0.6 is 0 Å². The van der Waals surface area contributed by atoms with Crippen LogP contribution in [0.1, 0.15) is 49.9 Å². The third-order valence-electron chi connectivity index (χ3n) is 5.19. The van der Waals surface area contributed by atoms with Gasteiger partial charge in [0, 0.05) is 13.0 Å². The van der Waals surface area contributed by atoms with Crippen molar-refractivity contribution in [2.75, 3.05) is 19.7 Å². The minimum atomic E-state index is -0.192. The number of ether oxygens (including phenoxy) is 1. The van der Waals surface area contributed by atoms with Gasteiger partial charge in [0.25, 0.3) is 0 Å². The van der Waals surface area contributed by atoms with Gasteiger partial charge in [-0.15, -0.1) is 0 Å². The average Bonchev–Trinajstić information content (AvgIpc) is 3.44. The van der Waals surface area contributed by atoms with Gasteiger partial charge in [0.1, 0.15) is 11.9 Å². The largest absolute Gasteiger partial charge is 0.366 e. The molecule has 0 unspecified atom stereocenters. The molecule has 1 N–H and O–H groups in total. The van der Waals surface area contributed by atoms with Gasteiger partial charge in [-0.1, -0.05) is 0 Å². The number of aromatic nitrogens is 3. The Morgan fingerprint density at radius 1 is 1.36 bits per heavy atom. The summed E-state index contributed by atoms with van der Waals surface area (Å²) in [4.78, 5) is 19.0. The normalized spacial score (nSPS) is 25.7. The number of hydrogen-bond acceptors (Lipinski definition) is 4. The lowest BCUT2D eigenvalue weighted by Crippen LogP contribution is -2.43. The minimum Gasteiger partial charge on any atom is -0.366 e. The van der Waals surface area contributed by atoms with E-state index in [4.69, 9.17) is 4.74 Å². The van der Waals surface area contributed by atoms with Crippen LogP contribution in [0.25, 0.3) is 0 Å². The maximum absolute atomic E-state index is 12.7. The highest BCUT2D eigenvalue weighted by molar-refractivity contribution is 5.76. The van der Waals surface area contributed by atoms with Crippen molar-refractivity contribution in [2.24, 2.45) is 17.8 Å². The summed E-state index contributed by atoms with van der Waals surface area (Å²) in [5, 5.41) is 7.02. The predicted molar refractivity (Wildman–Crippen MR) is 79.9 cm³/mol. The first-order valence-electron chi connectivity index (χ1n) is 8.49. The zero-order valence-electron chi connectivity index (χ0n) is 13.1. The second kappa shape index (κ2) is 5.65. The number of hydrogen-bond donors (Lipinski definition) is 1. The van der Waals surface area contributed by atoms with E-state index in [0.29, 0.717) is 37.3 Å². The van der Waals surface area contributed by atoms with Crippen LogP contribution in [0.15, 0.2) is 0 Å². The molecular weight excluding hydrogens is 280 g/mol. The number of nitrogens with zero attached hydrogens (tertiary/aromatic N) is 3. The van der Waals surface area contributed by atoms with Crippen molar-refractivity contribution in [1.29, 1.82) is 0 Å². The summed E-state index contributed by atoms with van der Waals surface area (Å²) in [6.07, 6.45) is 5.86. The molecule has 1 aromatic rings. The van der Waals surface area contributed by atoms with Crippen molar-refractivity contribution in [3.8, 4) is 0 Å². The van der Waals surface area contributed by atoms with E-state index in [1.165, 1.54) is 25.7 Å². The lowest BCUT2D eigenvalue weighted by molar-refractivity contribution is -0.140. The molecule has 6 nitrogen and oxygen atoms in total. The Kier molecular flexibility index (Phi) is 3.64. The molecular formula is C16H24N4O2. The molecule has 2 heterocycles. The highest BCUT2D eigenvalue weighted by Crippen LogP contribution is 2.50. The molecule has 22 heavy (non-hydrogen) atoms. The second-order valence-electron chi connectivity index (χ2n) is 7.02. The molecule has 1 saturated heterocycles. The number of nitrogens with one attached hydrogen (secondary N) is 1. The number of rotatable bonds is 5. The Hall–Kier alpha value is -1.43. The number of carbonyl (C=O) groups is 1. The van der Waals surface area contributed by atoms with Gasteiger partial charge >= 0.3 is 0 Å². The summed E-state index contributed by atoms with van der Waals surface area (Å²) in [5.74, 6) is 4.03. The lowest BCUT2D eigenvalue weighted by Gasteiger charge is -2.32. The zero-order valence-corrected chi connectivity index (χ0v) is 13.1. The molecule has 6 heteroatoms. The fraction of sp³-hybridized carbons (Fsp3) is 0.812. The molecule has 1 atom stereocenters. The van der Waals surface area contributed by atoms with Gasteiger partial charge in [-0.3, -0.25) is 9.89 Å². The quantitative estimate of drug-likeness (QED) is 0.901. The van der Waals surface area contributed by atoms with Crippen molar-refractivity contribution in [3.63, 3.8) is 0 Å². The van der Waals surface area contributed by atoms with Crippen LogP contribution in [0.4, 0.5) is 0 Å². The molecule has 1 aromatic heterocycles. The van der Waals surface area contributed by atoms with Gasteiger partial charge in [0.2, 0.25) is 5.91 Å². The van der Waals surface area contributed by atoms with E-state index in [0.717, 1.165) is 24.1 Å². The summed E-state index contributed by atoms with van der Waals surface area (Å²) in [6.45, 7) is 3.72. The molecule has 2 aliphatic carbocycles. The Labute approximate surface area is 130 Å². The summed E-state index contributed by atoms with van der Waals surface area (Å²) in [5.41, 5.74) is 0. The monoisotopic (exact) mass is 304 g/mol. The number of carbonyl (C=O) groups excluding carboxylic acids is 1. The molecule has 0 spiro atoms. The smallest absolute Gasteiger partial charge is 0.223 e. The van der Waals surface area contributed by atoms with Gasteiger partial charge < -0.3 is 9.64 Å². The first kappa shape index (κ1) is 14.2. The van der Waals surface area contributed by atoms with Crippen molar-refractivity contribution in [3.05, 3.63) is 11.6 Å². The van der Waals surface area contributed by atoms with Crippen molar-refractivity contribution in [1.82, 2.24) is 20.1 Å². The number of amides is 1. The van der Waals surface area contributed by atoms with E-state index >= 15 is 0 Å². The molecule has 3 fully saturated rings. The number of morpholine rings is 1. The molecule has 0 aromatic carbocycles. The van der Waals surface area contributed by atoms with Crippen LogP contribution < -0.4 is 0 Å². The van der Waals surface area contributed by atoms with Crippen LogP contribution in [-0.2, 0) is 9.53 Å². The fourth-order valence-corrected chi connectivity index (χ4v) is 3.63. The van der Waals surface area contributed by atoms with E-state index in [1.807, 2.05) is 11.8 Å². The SMILES string of the molecule is Cc1nc([C@H]2CN(C(=O)CC(C3CC3)C3CC3)CCO2)n[nH]1. The molecule has 1 amide bonds. The number of H-pyrrole nitrogens is 1. The summed E-state index contributed by atoms with van der Waals surface area (Å²) in [7, 11) is 0. The topological polar surface area (TPSA) is 71.1 Å². The zero-order chi connectivity index (χ0) is 15.1. The van der Waals surface area contributed by atoms with Crippen molar-refractivity contribution < 1.29 is 9.53 Å². The molecule has 0 bridgehead atoms. The standard InChI is InChI=1S/C16H24N4O2/c1-10-17-16(19-18-10)14-9-20(6-7-22-14)15(21)8-13(11-2-3-11)12-4-5-12/h11-14H,2-9H2,1H3,(H,17,18,19)/t14-/m1/s1. The van der Waals surface area contributed by atoms with Gasteiger partial charge in [-0.05, 0) is 50.4 Å². The Morgan fingerprint density at radius 3 is 2.68 bits per heavy atom. The van der Waals surface area contributed by atoms with Crippen molar-refractivity contribution in [2.45, 2.75) is 45.1 Å². The van der Waals surface area contributed by atoms with E-state index < -0.39 is 0 Å². The number of aryl methyl sites for hydroxylation is 1. The van der Waals surface area contributed by atoms with E-state index in [1.54, 1.807) is 0 Å². The highest BCUT2D eigenvalue weighted by atomic mass is 16.5. The summed E-state index contributed by atoms with van der Waals surface area (Å²) in [6, 6.07) is 0. The fourth-order valence-electron chi connectivity index (χ4n) is 3.63. The van der Waals surface area contributed by atoms with E-state index in [-0.39, 0.29) is 6.10 Å². The van der Waals surface area contributed by atoms with Crippen molar-refractivity contribution >= 4 is 5.91 Å². The van der Waals surface area contributed by atoms with Gasteiger partial charge in [-0.2, -0.15) is 5.10 Å². The average molecular weight is 304 g/mol. The summed E-state index contributed by atoms with van der Waals surface area (Å²) >= 11 is 0. The minimum absolute atomic E-state index is 0.192. The van der Waals surface area contributed by atoms with Crippen LogP contribution in [0.3, 0.4) is 0 Å². The van der Waals surface area contributed by atoms with Gasteiger partial charge in [0.15, 0.2) is 5.82 Å². The number of aromatic amines is 1. The Morgan fingerprint density at radius 2 is 2.09 bits per heavy atom. The van der Waals surface area contributed by atoms with E-state index in [2.05, 4.69) is 15.2 Å². The summed E-state index contributed by atoms with van der Waals surface area (Å²) < 4.78 is 5.74. The Bertz CT molecular complexity index is 538. The third kappa shape index (κ3) is 3.02. The molecule has 3 aliphatic rings. The second-order valence-corrected chi connectivity index (χ2v) is 7.02. The van der Waals surface area contributed by atoms with Crippen LogP contribution in [0.5, 0.6) is 0 Å².